The van der Waals surface area contributed by atoms with E-state index in [1.807, 2.05) is 0 Å². The Balaban J connectivity index is 3.02. The summed E-state index contributed by atoms with van der Waals surface area (Å²) in [6.45, 7) is 0. The van der Waals surface area contributed by atoms with Gasteiger partial charge in [-0.15, -0.1) is 0 Å². The van der Waals surface area contributed by atoms with Crippen molar-refractivity contribution in [1.82, 2.24) is 10.2 Å². The summed E-state index contributed by atoms with van der Waals surface area (Å²) in [5.41, 5.74) is -0.186. The number of aromatic amines is 1. The maximum absolute atomic E-state index is 10.4. The van der Waals surface area contributed by atoms with Gasteiger partial charge in [-0.05, 0) is 6.07 Å². The lowest BCUT2D eigenvalue weighted by Crippen LogP contribution is -2.06. The van der Waals surface area contributed by atoms with Crippen LogP contribution in [0.2, 0.25) is 0 Å². The molecule has 4 nitrogen and oxygen atoms in total. The summed E-state index contributed by atoms with van der Waals surface area (Å²) in [6, 6.07) is 3.03. The molecule has 2 N–H and O–H groups in total. The molecular weight excluding hydrogens is 118 g/mol. The third-order valence-electron chi connectivity index (χ3n) is 0.935. The fourth-order valence-electron chi connectivity index (χ4n) is 0.484. The summed E-state index contributed by atoms with van der Waals surface area (Å²) in [5, 5.41) is 8.70. The molecule has 0 atom stereocenters. The van der Waals surface area contributed by atoms with Crippen LogP contribution >= 0.6 is 0 Å². The molecule has 0 amide bonds. The lowest BCUT2D eigenvalue weighted by Gasteiger charge is -1.92. The molecule has 0 aliphatic heterocycles. The average molecular weight is 125 g/mol. The van der Waals surface area contributed by atoms with E-state index in [9.17, 15) is 4.79 Å². The fraction of sp³-hybridized carbons (Fsp3) is 0.200. The fourth-order valence-corrected chi connectivity index (χ4v) is 0.484. The monoisotopic (exact) mass is 125 g/mol. The topological polar surface area (TPSA) is 57.8 Å². The molecule has 1 aromatic rings. The van der Waals surface area contributed by atoms with Crippen molar-refractivity contribution in [2.24, 2.45) is 0 Å². The van der Waals surface area contributed by atoms with Crippen LogP contribution in [0.25, 0.3) is 0 Å². The zero-order valence-electron chi connectivity index (χ0n) is 5.01. The second-order valence-electron chi connectivity index (χ2n) is 1.56. The summed E-state index contributed by atoms with van der Waals surface area (Å²) < 4.78 is 0. The number of H-pyrrole nitrogens is 1. The van der Waals surface area contributed by atoms with Crippen molar-refractivity contribution in [3.63, 3.8) is 0 Å². The zero-order chi connectivity index (χ0) is 6.69. The van der Waals surface area contributed by atoms with Gasteiger partial charge in [-0.2, -0.15) is 5.10 Å². The molecule has 1 aromatic heterocycles. The quantitative estimate of drug-likeness (QED) is 0.547. The van der Waals surface area contributed by atoms with Gasteiger partial charge in [0.05, 0.1) is 0 Å². The first-order valence-electron chi connectivity index (χ1n) is 2.56. The van der Waals surface area contributed by atoms with Crippen LogP contribution in [0.1, 0.15) is 0 Å². The van der Waals surface area contributed by atoms with Gasteiger partial charge in [-0.3, -0.25) is 4.79 Å². The summed E-state index contributed by atoms with van der Waals surface area (Å²) in [7, 11) is 1.74. The lowest BCUT2D eigenvalue weighted by atomic mass is 10.5. The molecular formula is C5H7N3O. The summed E-state index contributed by atoms with van der Waals surface area (Å²) in [4.78, 5) is 10.4. The summed E-state index contributed by atoms with van der Waals surface area (Å²) >= 11 is 0. The van der Waals surface area contributed by atoms with E-state index in [4.69, 9.17) is 0 Å². The number of aromatic nitrogens is 2. The highest BCUT2D eigenvalue weighted by atomic mass is 16.1. The van der Waals surface area contributed by atoms with Gasteiger partial charge in [-0.25, -0.2) is 5.10 Å². The first-order valence-corrected chi connectivity index (χ1v) is 2.56. The van der Waals surface area contributed by atoms with Crippen molar-refractivity contribution in [1.29, 1.82) is 0 Å². The Morgan fingerprint density at radius 3 is 2.89 bits per heavy atom. The minimum atomic E-state index is -0.186. The minimum absolute atomic E-state index is 0.186. The van der Waals surface area contributed by atoms with Crippen LogP contribution in [0.15, 0.2) is 16.9 Å². The van der Waals surface area contributed by atoms with Crippen molar-refractivity contribution in [2.75, 3.05) is 12.4 Å². The molecule has 0 saturated carbocycles. The summed E-state index contributed by atoms with van der Waals surface area (Å²) in [5.74, 6) is 0.662. The van der Waals surface area contributed by atoms with Gasteiger partial charge in [0.25, 0.3) is 5.56 Å². The first-order chi connectivity index (χ1) is 4.33. The second-order valence-corrected chi connectivity index (χ2v) is 1.56. The molecule has 0 aliphatic carbocycles. The molecule has 0 spiro atoms. The van der Waals surface area contributed by atoms with Gasteiger partial charge in [0, 0.05) is 13.1 Å². The molecule has 4 heteroatoms. The Bertz CT molecular complexity index is 222. The van der Waals surface area contributed by atoms with Gasteiger partial charge >= 0.3 is 0 Å². The highest BCUT2D eigenvalue weighted by molar-refractivity contribution is 5.29. The Hall–Kier alpha value is -1.32. The predicted molar refractivity (Wildman–Crippen MR) is 34.4 cm³/mol. The van der Waals surface area contributed by atoms with E-state index < -0.39 is 0 Å². The molecule has 9 heavy (non-hydrogen) atoms. The van der Waals surface area contributed by atoms with Gasteiger partial charge < -0.3 is 5.32 Å². The Morgan fingerprint density at radius 2 is 2.44 bits per heavy atom. The largest absolute Gasteiger partial charge is 0.372 e. The highest BCUT2D eigenvalue weighted by Gasteiger charge is 1.85. The third kappa shape index (κ3) is 1.28. The van der Waals surface area contributed by atoms with E-state index in [-0.39, 0.29) is 5.56 Å². The van der Waals surface area contributed by atoms with E-state index in [1.165, 1.54) is 6.07 Å². The Labute approximate surface area is 51.9 Å². The number of hydrogen-bond donors (Lipinski definition) is 2. The molecule has 48 valence electrons. The van der Waals surface area contributed by atoms with Gasteiger partial charge in [-0.1, -0.05) is 0 Å². The average Bonchev–Trinajstić information content (AvgIpc) is 1.90. The van der Waals surface area contributed by atoms with E-state index >= 15 is 0 Å². The van der Waals surface area contributed by atoms with E-state index in [0.717, 1.165) is 0 Å². The number of anilines is 1. The van der Waals surface area contributed by atoms with Gasteiger partial charge in [0.2, 0.25) is 0 Å². The van der Waals surface area contributed by atoms with Crippen LogP contribution in [-0.2, 0) is 0 Å². The van der Waals surface area contributed by atoms with Crippen LogP contribution in [-0.4, -0.2) is 17.2 Å². The number of hydrogen-bond acceptors (Lipinski definition) is 3. The molecule has 0 unspecified atom stereocenters. The van der Waals surface area contributed by atoms with E-state index in [0.29, 0.717) is 5.82 Å². The molecule has 1 rings (SSSR count). The van der Waals surface area contributed by atoms with Crippen molar-refractivity contribution in [3.05, 3.63) is 22.5 Å². The van der Waals surface area contributed by atoms with Crippen molar-refractivity contribution in [3.8, 4) is 0 Å². The van der Waals surface area contributed by atoms with Crippen molar-refractivity contribution >= 4 is 5.82 Å². The molecule has 0 aromatic carbocycles. The van der Waals surface area contributed by atoms with Crippen LogP contribution in [0, 0.1) is 0 Å². The predicted octanol–water partition coefficient (Wildman–Crippen LogP) is -0.188. The third-order valence-corrected chi connectivity index (χ3v) is 0.935. The highest BCUT2D eigenvalue weighted by Crippen LogP contribution is 1.90. The Kier molecular flexibility index (Phi) is 1.48. The molecule has 1 heterocycles. The van der Waals surface area contributed by atoms with Gasteiger partial charge in [0.15, 0.2) is 0 Å². The van der Waals surface area contributed by atoms with Crippen molar-refractivity contribution < 1.29 is 0 Å². The van der Waals surface area contributed by atoms with Crippen LogP contribution < -0.4 is 10.9 Å². The SMILES string of the molecule is CNc1ccc(=O)[nH]n1. The van der Waals surface area contributed by atoms with Gasteiger partial charge in [0.1, 0.15) is 5.82 Å². The standard InChI is InChI=1S/C5H7N3O/c1-6-4-2-3-5(9)8-7-4/h2-3H,1H3,(H,6,7)(H,8,9). The molecule has 0 fully saturated rings. The van der Waals surface area contributed by atoms with Crippen LogP contribution in [0.3, 0.4) is 0 Å². The summed E-state index contributed by atoms with van der Waals surface area (Å²) in [6.07, 6.45) is 0. The molecule has 0 radical (unpaired) electrons. The maximum atomic E-state index is 10.4. The number of rotatable bonds is 1. The molecule has 0 saturated heterocycles. The zero-order valence-corrected chi connectivity index (χ0v) is 5.01. The smallest absolute Gasteiger partial charge is 0.264 e. The number of nitrogens with zero attached hydrogens (tertiary/aromatic N) is 1. The molecule has 0 bridgehead atoms. The van der Waals surface area contributed by atoms with E-state index in [2.05, 4.69) is 15.5 Å². The number of nitrogens with one attached hydrogen (secondary N) is 2. The molecule has 0 aliphatic rings. The minimum Gasteiger partial charge on any atom is -0.372 e. The lowest BCUT2D eigenvalue weighted by molar-refractivity contribution is 0.990. The maximum Gasteiger partial charge on any atom is 0.264 e. The normalized spacial score (nSPS) is 9.00. The van der Waals surface area contributed by atoms with E-state index in [1.54, 1.807) is 13.1 Å². The first kappa shape index (κ1) is 5.81. The van der Waals surface area contributed by atoms with Crippen LogP contribution in [0.5, 0.6) is 0 Å². The van der Waals surface area contributed by atoms with Crippen LogP contribution in [0.4, 0.5) is 5.82 Å². The van der Waals surface area contributed by atoms with Crippen molar-refractivity contribution in [2.45, 2.75) is 0 Å². The Morgan fingerprint density at radius 1 is 1.67 bits per heavy atom. The second kappa shape index (κ2) is 2.30.